The first-order valence-corrected chi connectivity index (χ1v) is 18.8. The lowest BCUT2D eigenvalue weighted by Crippen LogP contribution is -2.16. The van der Waals surface area contributed by atoms with Crippen LogP contribution in [0.3, 0.4) is 0 Å². The summed E-state index contributed by atoms with van der Waals surface area (Å²) in [6.45, 7) is 12.3. The Hall–Kier alpha value is -2.41. The first kappa shape index (κ1) is 50.6. The van der Waals surface area contributed by atoms with E-state index in [2.05, 4.69) is 5.32 Å². The van der Waals surface area contributed by atoms with Crippen molar-refractivity contribution in [3.05, 3.63) is 38.4 Å². The van der Waals surface area contributed by atoms with Gasteiger partial charge in [0, 0.05) is 18.5 Å². The summed E-state index contributed by atoms with van der Waals surface area (Å²) >= 11 is 5.51. The third kappa shape index (κ3) is 33.4. The summed E-state index contributed by atoms with van der Waals surface area (Å²) < 4.78 is 70.5. The van der Waals surface area contributed by atoms with Gasteiger partial charge < -0.3 is 66.9 Å². The van der Waals surface area contributed by atoms with Gasteiger partial charge in [-0.1, -0.05) is 0 Å². The van der Waals surface area contributed by atoms with Crippen molar-refractivity contribution < 1.29 is 71.4 Å². The average Bonchev–Trinajstić information content (AvgIpc) is 3.18. The van der Waals surface area contributed by atoms with E-state index in [-0.39, 0.29) is 30.2 Å². The van der Waals surface area contributed by atoms with Crippen LogP contribution in [0.2, 0.25) is 0 Å². The molecule has 20 nitrogen and oxygen atoms in total. The zero-order valence-electron chi connectivity index (χ0n) is 31.7. The second-order valence-electron chi connectivity index (χ2n) is 10.8. The third-order valence-corrected chi connectivity index (χ3v) is 6.79. The van der Waals surface area contributed by atoms with E-state index in [1.807, 2.05) is 0 Å². The molecule has 0 saturated carbocycles. The molecule has 0 aliphatic carbocycles. The standard InChI is InChI=1S/C34H60ClN3O17/c35-3-5-43-7-9-45-11-13-47-15-17-49-19-21-51-23-25-53-27-29-55-30-28-54-26-24-52-22-20-50-18-16-48-14-12-46-10-8-44-6-4-36-33-2-1-32(37(39)40)31-34(33)38(41)42/h1-2,31,36H,3-30H2. The normalized spacial score (nSPS) is 11.4. The number of hydrogen-bond acceptors (Lipinski definition) is 18. The highest BCUT2D eigenvalue weighted by Gasteiger charge is 2.19. The van der Waals surface area contributed by atoms with Gasteiger partial charge in [-0.25, -0.2) is 0 Å². The number of ether oxygens (including phenoxy) is 13. The second kappa shape index (κ2) is 39.8. The maximum absolute atomic E-state index is 11.2. The largest absolute Gasteiger partial charge is 0.378 e. The minimum absolute atomic E-state index is 0.183. The lowest BCUT2D eigenvalue weighted by molar-refractivity contribution is -0.393. The number of rotatable bonds is 44. The molecule has 0 atom stereocenters. The van der Waals surface area contributed by atoms with E-state index >= 15 is 0 Å². The second-order valence-corrected chi connectivity index (χ2v) is 11.2. The lowest BCUT2D eigenvalue weighted by atomic mass is 10.2. The fourth-order valence-corrected chi connectivity index (χ4v) is 4.10. The SMILES string of the molecule is O=[N+]([O-])c1ccc(NCCOCCOCCOCCOCCOCCOCCOCCOCCOCCOCCOCCOCCOCCCl)c([N+](=O)[O-])c1. The topological polar surface area (TPSA) is 218 Å². The number of nitrogens with zero attached hydrogens (tertiary/aromatic N) is 2. The number of benzene rings is 1. The fraction of sp³-hybridized carbons (Fsp3) is 0.824. The highest BCUT2D eigenvalue weighted by molar-refractivity contribution is 6.17. The van der Waals surface area contributed by atoms with E-state index in [9.17, 15) is 20.2 Å². The Morgan fingerprint density at radius 1 is 0.418 bits per heavy atom. The van der Waals surface area contributed by atoms with Crippen molar-refractivity contribution in [2.45, 2.75) is 0 Å². The van der Waals surface area contributed by atoms with Crippen LogP contribution in [0.5, 0.6) is 0 Å². The molecule has 0 amide bonds. The van der Waals surface area contributed by atoms with Crippen molar-refractivity contribution in [1.82, 2.24) is 0 Å². The van der Waals surface area contributed by atoms with Gasteiger partial charge in [0.05, 0.1) is 188 Å². The summed E-state index contributed by atoms with van der Waals surface area (Å²) in [7, 11) is 0. The summed E-state index contributed by atoms with van der Waals surface area (Å²) in [5.74, 6) is 0.486. The van der Waals surface area contributed by atoms with Crippen molar-refractivity contribution >= 4 is 28.7 Å². The first-order chi connectivity index (χ1) is 27.1. The molecule has 0 aliphatic heterocycles. The van der Waals surface area contributed by atoms with Crippen LogP contribution in [-0.2, 0) is 61.6 Å². The van der Waals surface area contributed by atoms with E-state index < -0.39 is 9.85 Å². The van der Waals surface area contributed by atoms with Crippen LogP contribution in [0, 0.1) is 20.2 Å². The summed E-state index contributed by atoms with van der Waals surface area (Å²) in [5, 5.41) is 24.8. The molecule has 1 aromatic rings. The highest BCUT2D eigenvalue weighted by Crippen LogP contribution is 2.28. The molecule has 0 heterocycles. The maximum atomic E-state index is 11.2. The van der Waals surface area contributed by atoms with Gasteiger partial charge in [-0.3, -0.25) is 20.2 Å². The van der Waals surface area contributed by atoms with Crippen molar-refractivity contribution in [2.75, 3.05) is 190 Å². The number of nitrogens with one attached hydrogen (secondary N) is 1. The van der Waals surface area contributed by atoms with Crippen molar-refractivity contribution in [3.63, 3.8) is 0 Å². The summed E-state index contributed by atoms with van der Waals surface area (Å²) in [6.07, 6.45) is 0. The Morgan fingerprint density at radius 2 is 0.691 bits per heavy atom. The van der Waals surface area contributed by atoms with Crippen LogP contribution in [-0.4, -0.2) is 194 Å². The number of nitro benzene ring substituents is 2. The Labute approximate surface area is 327 Å². The molecule has 0 bridgehead atoms. The highest BCUT2D eigenvalue weighted by atomic mass is 35.5. The first-order valence-electron chi connectivity index (χ1n) is 18.3. The number of non-ortho nitro benzene ring substituents is 1. The smallest absolute Gasteiger partial charge is 0.299 e. The monoisotopic (exact) mass is 817 g/mol. The molecule has 55 heavy (non-hydrogen) atoms. The molecule has 0 aliphatic rings. The molecule has 0 fully saturated rings. The van der Waals surface area contributed by atoms with Gasteiger partial charge in [-0.2, -0.15) is 0 Å². The average molecular weight is 818 g/mol. The van der Waals surface area contributed by atoms with Gasteiger partial charge in [0.2, 0.25) is 0 Å². The van der Waals surface area contributed by atoms with E-state index in [4.69, 9.17) is 73.2 Å². The summed E-state index contributed by atoms with van der Waals surface area (Å²) in [6, 6.07) is 3.42. The number of nitro groups is 2. The predicted molar refractivity (Wildman–Crippen MR) is 200 cm³/mol. The number of alkyl halides is 1. The molecular weight excluding hydrogens is 758 g/mol. The molecule has 1 rings (SSSR count). The van der Waals surface area contributed by atoms with Crippen molar-refractivity contribution in [2.24, 2.45) is 0 Å². The van der Waals surface area contributed by atoms with Crippen molar-refractivity contribution in [1.29, 1.82) is 0 Å². The Balaban J connectivity index is 1.69. The van der Waals surface area contributed by atoms with Gasteiger partial charge in [0.25, 0.3) is 11.4 Å². The fourth-order valence-electron chi connectivity index (χ4n) is 3.99. The Kier molecular flexibility index (Phi) is 36.6. The van der Waals surface area contributed by atoms with Gasteiger partial charge in [-0.15, -0.1) is 11.6 Å². The lowest BCUT2D eigenvalue weighted by Gasteiger charge is -2.09. The van der Waals surface area contributed by atoms with E-state index in [0.29, 0.717) is 171 Å². The minimum atomic E-state index is -0.682. The molecule has 320 valence electrons. The van der Waals surface area contributed by atoms with Gasteiger partial charge in [0.15, 0.2) is 0 Å². The van der Waals surface area contributed by atoms with Crippen molar-refractivity contribution in [3.8, 4) is 0 Å². The maximum Gasteiger partial charge on any atom is 0.299 e. The molecule has 0 unspecified atom stereocenters. The molecular formula is C34H60ClN3O17. The molecule has 0 aromatic heterocycles. The van der Waals surface area contributed by atoms with Crippen LogP contribution in [0.25, 0.3) is 0 Å². The van der Waals surface area contributed by atoms with Gasteiger partial charge >= 0.3 is 0 Å². The Bertz CT molecular complexity index is 1040. The van der Waals surface area contributed by atoms with Gasteiger partial charge in [0.1, 0.15) is 5.69 Å². The quantitative estimate of drug-likeness (QED) is 0.0433. The minimum Gasteiger partial charge on any atom is -0.378 e. The number of halogens is 1. The molecule has 1 aromatic carbocycles. The van der Waals surface area contributed by atoms with Crippen LogP contribution >= 0.6 is 11.6 Å². The van der Waals surface area contributed by atoms with Gasteiger partial charge in [-0.05, 0) is 6.07 Å². The summed E-state index contributed by atoms with van der Waals surface area (Å²) in [5.41, 5.74) is -0.533. The number of anilines is 1. The van der Waals surface area contributed by atoms with E-state index in [1.165, 1.54) is 12.1 Å². The molecule has 21 heteroatoms. The molecule has 1 N–H and O–H groups in total. The van der Waals surface area contributed by atoms with E-state index in [1.54, 1.807) is 0 Å². The zero-order chi connectivity index (χ0) is 39.7. The summed E-state index contributed by atoms with van der Waals surface area (Å²) in [4.78, 5) is 20.6. The van der Waals surface area contributed by atoms with E-state index in [0.717, 1.165) is 6.07 Å². The predicted octanol–water partition coefficient (Wildman–Crippen LogP) is 2.37. The van der Waals surface area contributed by atoms with Crippen LogP contribution in [0.15, 0.2) is 18.2 Å². The molecule has 0 saturated heterocycles. The third-order valence-electron chi connectivity index (χ3n) is 6.64. The van der Waals surface area contributed by atoms with Crippen LogP contribution < -0.4 is 5.32 Å². The molecule has 0 radical (unpaired) electrons. The van der Waals surface area contributed by atoms with Crippen LogP contribution in [0.1, 0.15) is 0 Å². The Morgan fingerprint density at radius 3 is 0.945 bits per heavy atom. The van der Waals surface area contributed by atoms with Crippen LogP contribution in [0.4, 0.5) is 17.1 Å². The number of hydrogen-bond donors (Lipinski definition) is 1. The zero-order valence-corrected chi connectivity index (χ0v) is 32.5. The molecule has 0 spiro atoms.